The molecule has 6 aliphatic heterocycles. The van der Waals surface area contributed by atoms with Crippen molar-refractivity contribution in [1.82, 2.24) is 16.0 Å². The Bertz CT molecular complexity index is 2950. The molecule has 39 nitrogen and oxygen atoms in total. The normalized spacial score (nSPS) is 35.2. The van der Waals surface area contributed by atoms with E-state index in [2.05, 4.69) is 29.8 Å². The largest absolute Gasteiger partial charge is 0.477 e. The first-order valence-corrected chi connectivity index (χ1v) is 45.6. The van der Waals surface area contributed by atoms with Crippen molar-refractivity contribution < 1.29 is 178 Å². The standard InChI is InChI=1S/C85H153N3O36/c1-5-7-9-11-13-15-17-19-20-21-22-23-24-25-26-28-30-32-34-36-38-40-60(100)88-51(52(97)39-37-35-33-31-29-27-18-16-14-12-10-8-6-2)48-113-80-69(107)68(106)73(59(47-94)118-80)119-81-71(109)77(66(104)57(45-92)115-81)122-82-70(108)76(65(103)56(44-91)116-82)121-79-62(87-50(4)96)74(64(102)55(43-90)114-79)120-83-72(110)78(67(105)58(46-93)117-83)124-85(84(111)112)41-53(98)61(86-49(3)95)75(123-85)63(101)54(99)42-89/h37,39,51-59,61-83,89-94,97-99,101-110H,5-36,38,40-48H2,1-4H3,(H,86,95)(H,87,96)(H,88,100)(H,111,112)/b39-37+/t51-,52+,53?,54+,55?,56?,57?,58?,59?,61+,62?,63+,64-,65-,66-,67-,68+,69?,70?,71?,72?,73+,74+,75?,76-,77-,78-,79-,80+,81-,82+,83-,85-/m0/s1. The molecule has 0 aliphatic carbocycles. The van der Waals surface area contributed by atoms with Gasteiger partial charge in [-0.3, -0.25) is 14.4 Å². The molecular formula is C85H153N3O36. The second kappa shape index (κ2) is 58.3. The summed E-state index contributed by atoms with van der Waals surface area (Å²) in [6, 6.07) is -4.76. The summed E-state index contributed by atoms with van der Waals surface area (Å²) in [5.74, 6) is -7.52. The molecule has 0 aromatic heterocycles. The molecule has 12 unspecified atom stereocenters. The van der Waals surface area contributed by atoms with Crippen LogP contribution in [0.4, 0.5) is 0 Å². The van der Waals surface area contributed by atoms with E-state index >= 15 is 0 Å². The van der Waals surface area contributed by atoms with Crippen LogP contribution < -0.4 is 16.0 Å². The minimum absolute atomic E-state index is 0.159. The highest BCUT2D eigenvalue weighted by Crippen LogP contribution is 2.41. The molecule has 6 aliphatic rings. The Morgan fingerprint density at radius 3 is 1.20 bits per heavy atom. The topological polar surface area (TPSA) is 620 Å². The number of allylic oxidation sites excluding steroid dienone is 1. The fourth-order valence-electron chi connectivity index (χ4n) is 16.9. The number of carbonyl (C=O) groups excluding carboxylic acids is 3. The van der Waals surface area contributed by atoms with Crippen molar-refractivity contribution in [3.8, 4) is 0 Å². The monoisotopic (exact) mass is 1790 g/mol. The average molecular weight is 1790 g/mol. The zero-order chi connectivity index (χ0) is 91.0. The van der Waals surface area contributed by atoms with Gasteiger partial charge in [-0.15, -0.1) is 0 Å². The van der Waals surface area contributed by atoms with E-state index in [9.17, 15) is 121 Å². The molecule has 0 bridgehead atoms. The summed E-state index contributed by atoms with van der Waals surface area (Å²) in [7, 11) is 0. The van der Waals surface area contributed by atoms with Gasteiger partial charge in [0.25, 0.3) is 5.79 Å². The van der Waals surface area contributed by atoms with Crippen molar-refractivity contribution in [2.75, 3.05) is 46.2 Å². The van der Waals surface area contributed by atoms with Crippen LogP contribution in [0.25, 0.3) is 0 Å². The zero-order valence-corrected chi connectivity index (χ0v) is 72.8. The number of ether oxygens (including phenoxy) is 12. The van der Waals surface area contributed by atoms with Crippen LogP contribution in [-0.2, 0) is 76.0 Å². The van der Waals surface area contributed by atoms with Crippen molar-refractivity contribution >= 4 is 23.7 Å². The summed E-state index contributed by atoms with van der Waals surface area (Å²) in [6.45, 7) is -0.693. The molecule has 3 amide bonds. The molecule has 23 N–H and O–H groups in total. The minimum atomic E-state index is -3.25. The van der Waals surface area contributed by atoms with Crippen LogP contribution in [0.5, 0.6) is 0 Å². The van der Waals surface area contributed by atoms with E-state index in [1.54, 1.807) is 6.08 Å². The van der Waals surface area contributed by atoms with Gasteiger partial charge in [-0.25, -0.2) is 4.79 Å². The third-order valence-corrected chi connectivity index (χ3v) is 24.2. The third-order valence-electron chi connectivity index (χ3n) is 24.2. The Morgan fingerprint density at radius 1 is 0.419 bits per heavy atom. The Hall–Kier alpha value is -3.62. The molecule has 0 radical (unpaired) electrons. The number of aliphatic hydroxyl groups is 19. The molecule has 6 fully saturated rings. The molecule has 33 atom stereocenters. The maximum Gasteiger partial charge on any atom is 0.364 e. The molecule has 124 heavy (non-hydrogen) atoms. The number of carboxylic acid groups (broad SMARTS) is 1. The highest BCUT2D eigenvalue weighted by Gasteiger charge is 2.62. The fraction of sp³-hybridized carbons (Fsp3) is 0.929. The van der Waals surface area contributed by atoms with Gasteiger partial charge in [0.1, 0.15) is 140 Å². The molecule has 6 heterocycles. The molecule has 39 heteroatoms. The molecule has 0 spiro atoms. The van der Waals surface area contributed by atoms with Crippen LogP contribution in [-0.4, -0.2) is 374 Å². The van der Waals surface area contributed by atoms with Crippen molar-refractivity contribution in [2.24, 2.45) is 0 Å². The molecule has 6 rings (SSSR count). The number of hydrogen-bond donors (Lipinski definition) is 23. The van der Waals surface area contributed by atoms with Crippen LogP contribution >= 0.6 is 0 Å². The van der Waals surface area contributed by atoms with Gasteiger partial charge in [0, 0.05) is 26.7 Å². The number of hydrogen-bond acceptors (Lipinski definition) is 35. The van der Waals surface area contributed by atoms with Gasteiger partial charge in [-0.1, -0.05) is 219 Å². The molecule has 0 aromatic carbocycles. The van der Waals surface area contributed by atoms with Gasteiger partial charge >= 0.3 is 5.97 Å². The van der Waals surface area contributed by atoms with Crippen LogP contribution in [0.15, 0.2) is 12.2 Å². The van der Waals surface area contributed by atoms with Crippen molar-refractivity contribution in [2.45, 2.75) is 454 Å². The summed E-state index contributed by atoms with van der Waals surface area (Å²) in [5.41, 5.74) is 0. The van der Waals surface area contributed by atoms with E-state index in [1.165, 1.54) is 148 Å². The zero-order valence-electron chi connectivity index (χ0n) is 72.8. The number of rotatable bonds is 61. The Morgan fingerprint density at radius 2 is 0.782 bits per heavy atom. The Balaban J connectivity index is 1.10. The molecule has 6 saturated heterocycles. The Labute approximate surface area is 727 Å². The lowest BCUT2D eigenvalue weighted by Gasteiger charge is -2.51. The predicted octanol–water partition coefficient (Wildman–Crippen LogP) is -0.878. The minimum Gasteiger partial charge on any atom is -0.477 e. The molecular weight excluding hydrogens is 1640 g/mol. The highest BCUT2D eigenvalue weighted by atomic mass is 16.8. The molecule has 0 aromatic rings. The summed E-state index contributed by atoms with van der Waals surface area (Å²) in [6.07, 6.45) is -18.6. The van der Waals surface area contributed by atoms with Crippen LogP contribution in [0, 0.1) is 0 Å². The van der Waals surface area contributed by atoms with E-state index in [0.717, 1.165) is 65.2 Å². The predicted molar refractivity (Wildman–Crippen MR) is 439 cm³/mol. The smallest absolute Gasteiger partial charge is 0.364 e. The SMILES string of the molecule is CCCCCCCCCCCCC/C=C/[C@@H](O)[C@H](CO[C@@H]1OC(CO)[C@@H](O[C@@H]2OC(CO)[C@H](O)[C@H](O[C@H]3OC(CO)[C@H](O)[C@H](O[C@@H]4OC(CO)[C@H](O)[C@H](O[C@@H]5OC(CO)[C@H](O)[C@H](O[C@]6(C(=O)O)CC(O)[C@@H](NC(C)=O)C([C@H](O)[C@H](O)CO)O6)C5O)C4NC(C)=O)C3O)C2O)[C@H](O)C1O)NC(=O)CCCCCCCCCCCCCCCCCCCCCCC. The number of amides is 3. The molecule has 0 saturated carbocycles. The summed E-state index contributed by atoms with van der Waals surface area (Å²) < 4.78 is 70.8. The van der Waals surface area contributed by atoms with E-state index in [4.69, 9.17) is 56.8 Å². The highest BCUT2D eigenvalue weighted by molar-refractivity contribution is 5.77. The van der Waals surface area contributed by atoms with Gasteiger partial charge in [-0.2, -0.15) is 0 Å². The van der Waals surface area contributed by atoms with Crippen molar-refractivity contribution in [1.29, 1.82) is 0 Å². The van der Waals surface area contributed by atoms with Crippen LogP contribution in [0.1, 0.15) is 252 Å². The lowest BCUT2D eigenvalue weighted by atomic mass is 9.88. The number of unbranched alkanes of at least 4 members (excludes halogenated alkanes) is 31. The Kier molecular flexibility index (Phi) is 51.3. The number of nitrogens with one attached hydrogen (secondary N) is 3. The third kappa shape index (κ3) is 33.6. The maximum atomic E-state index is 13.6. The van der Waals surface area contributed by atoms with E-state index in [-0.39, 0.29) is 12.3 Å². The first-order valence-electron chi connectivity index (χ1n) is 45.6. The lowest BCUT2D eigenvalue weighted by Crippen LogP contribution is -2.71. The van der Waals surface area contributed by atoms with Gasteiger partial charge in [0.05, 0.1) is 70.5 Å². The second-order valence-corrected chi connectivity index (χ2v) is 34.2. The molecule has 724 valence electrons. The van der Waals surface area contributed by atoms with Crippen LogP contribution in [0.3, 0.4) is 0 Å². The van der Waals surface area contributed by atoms with E-state index in [1.807, 2.05) is 6.08 Å². The first kappa shape index (κ1) is 109. The van der Waals surface area contributed by atoms with E-state index < -0.39 is 272 Å². The first-order chi connectivity index (χ1) is 59.5. The van der Waals surface area contributed by atoms with Crippen molar-refractivity contribution in [3.63, 3.8) is 0 Å². The van der Waals surface area contributed by atoms with Crippen LogP contribution in [0.2, 0.25) is 0 Å². The maximum absolute atomic E-state index is 13.6. The van der Waals surface area contributed by atoms with Gasteiger partial charge < -0.3 is 175 Å². The number of carbonyl (C=O) groups is 4. The van der Waals surface area contributed by atoms with Gasteiger partial charge in [0.2, 0.25) is 17.7 Å². The summed E-state index contributed by atoms with van der Waals surface area (Å²) in [4.78, 5) is 52.2. The quantitative estimate of drug-likeness (QED) is 0.0260. The van der Waals surface area contributed by atoms with Crippen molar-refractivity contribution in [3.05, 3.63) is 12.2 Å². The number of aliphatic carboxylic acids is 1. The number of aliphatic hydroxyl groups excluding tert-OH is 19. The summed E-state index contributed by atoms with van der Waals surface area (Å²) >= 11 is 0. The summed E-state index contributed by atoms with van der Waals surface area (Å²) in [5, 5.41) is 232. The average Bonchev–Trinajstić information content (AvgIpc) is 0.749. The van der Waals surface area contributed by atoms with Gasteiger partial charge in [0.15, 0.2) is 31.5 Å². The van der Waals surface area contributed by atoms with E-state index in [0.29, 0.717) is 12.8 Å². The lowest BCUT2D eigenvalue weighted by molar-refractivity contribution is -0.393. The number of carboxylic acids is 1. The second-order valence-electron chi connectivity index (χ2n) is 34.2. The fourth-order valence-corrected chi connectivity index (χ4v) is 16.9. The van der Waals surface area contributed by atoms with Gasteiger partial charge in [-0.05, 0) is 19.3 Å².